The number of amides is 2. The van der Waals surface area contributed by atoms with Crippen molar-refractivity contribution in [1.82, 2.24) is 19.8 Å². The Balaban J connectivity index is 1.33. The van der Waals surface area contributed by atoms with Gasteiger partial charge in [0.2, 0.25) is 21.8 Å². The van der Waals surface area contributed by atoms with Gasteiger partial charge >= 0.3 is 0 Å². The maximum Gasteiger partial charge on any atom is 0.246 e. The largest absolute Gasteiger partial charge is 0.390 e. The number of carbonyl (C=O) groups is 2. The van der Waals surface area contributed by atoms with Crippen LogP contribution in [-0.4, -0.2) is 85.0 Å². The third-order valence-electron chi connectivity index (χ3n) is 8.59. The van der Waals surface area contributed by atoms with Gasteiger partial charge in [-0.05, 0) is 57.2 Å². The van der Waals surface area contributed by atoms with Crippen LogP contribution in [-0.2, 0) is 19.6 Å². The molecule has 212 valence electrons. The number of aliphatic hydroxyl groups is 1. The van der Waals surface area contributed by atoms with Crippen LogP contribution in [0.3, 0.4) is 0 Å². The molecule has 0 unspecified atom stereocenters. The summed E-state index contributed by atoms with van der Waals surface area (Å²) in [6.07, 6.45) is 8.22. The molecule has 9 nitrogen and oxygen atoms in total. The summed E-state index contributed by atoms with van der Waals surface area (Å²) in [4.78, 5) is 31.6. The van der Waals surface area contributed by atoms with Crippen molar-refractivity contribution in [3.63, 3.8) is 0 Å². The van der Waals surface area contributed by atoms with Crippen molar-refractivity contribution < 1.29 is 23.1 Å². The molecule has 10 heteroatoms. The minimum atomic E-state index is -3.52. The van der Waals surface area contributed by atoms with Crippen LogP contribution in [0.15, 0.2) is 35.2 Å². The van der Waals surface area contributed by atoms with Crippen molar-refractivity contribution in [2.24, 2.45) is 0 Å². The van der Waals surface area contributed by atoms with E-state index in [1.54, 1.807) is 30.3 Å². The van der Waals surface area contributed by atoms with Crippen molar-refractivity contribution in [2.75, 3.05) is 32.7 Å². The molecule has 2 saturated heterocycles. The topological polar surface area (TPSA) is 119 Å². The molecule has 38 heavy (non-hydrogen) atoms. The van der Waals surface area contributed by atoms with Crippen LogP contribution >= 0.6 is 0 Å². The normalized spacial score (nSPS) is 23.9. The van der Waals surface area contributed by atoms with E-state index in [-0.39, 0.29) is 16.7 Å². The third-order valence-corrected chi connectivity index (χ3v) is 10.1. The Hall–Kier alpha value is -2.01. The van der Waals surface area contributed by atoms with Crippen LogP contribution in [0, 0.1) is 0 Å². The van der Waals surface area contributed by atoms with E-state index in [4.69, 9.17) is 0 Å². The molecule has 1 aromatic rings. The molecule has 1 spiro atoms. The van der Waals surface area contributed by atoms with Gasteiger partial charge in [0.25, 0.3) is 0 Å². The zero-order valence-corrected chi connectivity index (χ0v) is 23.5. The number of rotatable bonds is 11. The Bertz CT molecular complexity index is 1050. The number of benzene rings is 1. The maximum absolute atomic E-state index is 13.7. The first-order chi connectivity index (χ1) is 18.2. The molecule has 3 aliphatic rings. The molecular weight excluding hydrogens is 504 g/mol. The zero-order chi connectivity index (χ0) is 27.2. The molecule has 2 aliphatic heterocycles. The SMILES string of the molecule is CCCCN1C(=O)[C@@H](CC2(O)CCCCC2)NC(=O)C12CCN(CCCNS(=O)(=O)c1ccccc1)CC2. The second-order valence-electron chi connectivity index (χ2n) is 11.3. The first-order valence-electron chi connectivity index (χ1n) is 14.3. The fraction of sp³-hybridized carbons (Fsp3) is 0.714. The number of nitrogens with one attached hydrogen (secondary N) is 2. The van der Waals surface area contributed by atoms with Gasteiger partial charge in [0.15, 0.2) is 0 Å². The van der Waals surface area contributed by atoms with Gasteiger partial charge in [0, 0.05) is 32.6 Å². The van der Waals surface area contributed by atoms with Gasteiger partial charge < -0.3 is 20.2 Å². The Morgan fingerprint density at radius 1 is 1.00 bits per heavy atom. The predicted octanol–water partition coefficient (Wildman–Crippen LogP) is 2.40. The van der Waals surface area contributed by atoms with E-state index < -0.39 is 27.2 Å². The summed E-state index contributed by atoms with van der Waals surface area (Å²) >= 11 is 0. The van der Waals surface area contributed by atoms with E-state index >= 15 is 0 Å². The summed E-state index contributed by atoms with van der Waals surface area (Å²) in [7, 11) is -3.52. The average molecular weight is 549 g/mol. The predicted molar refractivity (Wildman–Crippen MR) is 146 cm³/mol. The lowest BCUT2D eigenvalue weighted by Crippen LogP contribution is -2.73. The van der Waals surface area contributed by atoms with Crippen LogP contribution in [0.25, 0.3) is 0 Å². The highest BCUT2D eigenvalue weighted by Crippen LogP contribution is 2.37. The van der Waals surface area contributed by atoms with Crippen molar-refractivity contribution in [1.29, 1.82) is 0 Å². The molecule has 2 amide bonds. The quantitative estimate of drug-likeness (QED) is 0.366. The number of hydrogen-bond donors (Lipinski definition) is 3. The number of piperazine rings is 1. The Labute approximate surface area is 227 Å². The first-order valence-corrected chi connectivity index (χ1v) is 15.8. The minimum absolute atomic E-state index is 0.0548. The molecule has 1 atom stereocenters. The van der Waals surface area contributed by atoms with Crippen molar-refractivity contribution in [3.05, 3.63) is 30.3 Å². The van der Waals surface area contributed by atoms with Crippen LogP contribution in [0.4, 0.5) is 0 Å². The van der Waals surface area contributed by atoms with E-state index in [1.807, 2.05) is 4.90 Å². The van der Waals surface area contributed by atoms with Crippen LogP contribution < -0.4 is 10.0 Å². The molecule has 3 fully saturated rings. The van der Waals surface area contributed by atoms with E-state index in [2.05, 4.69) is 21.9 Å². The van der Waals surface area contributed by atoms with Gasteiger partial charge in [-0.1, -0.05) is 50.8 Å². The minimum Gasteiger partial charge on any atom is -0.390 e. The molecule has 1 aromatic carbocycles. The van der Waals surface area contributed by atoms with E-state index in [0.717, 1.165) is 32.1 Å². The number of nitrogens with zero attached hydrogens (tertiary/aromatic N) is 2. The van der Waals surface area contributed by atoms with E-state index in [9.17, 15) is 23.1 Å². The Morgan fingerprint density at radius 2 is 1.68 bits per heavy atom. The van der Waals surface area contributed by atoms with Gasteiger partial charge in [-0.15, -0.1) is 0 Å². The van der Waals surface area contributed by atoms with Crippen LogP contribution in [0.5, 0.6) is 0 Å². The monoisotopic (exact) mass is 548 g/mol. The first kappa shape index (κ1) is 29.0. The highest BCUT2D eigenvalue weighted by molar-refractivity contribution is 7.89. The van der Waals surface area contributed by atoms with Crippen LogP contribution in [0.1, 0.15) is 77.6 Å². The van der Waals surface area contributed by atoms with E-state index in [0.29, 0.717) is 71.2 Å². The molecule has 4 rings (SSSR count). The number of unbranched alkanes of at least 4 members (excludes halogenated alkanes) is 1. The Morgan fingerprint density at radius 3 is 2.34 bits per heavy atom. The number of likely N-dealkylation sites (tertiary alicyclic amines) is 1. The Kier molecular flexibility index (Phi) is 9.49. The van der Waals surface area contributed by atoms with Gasteiger partial charge in [0.1, 0.15) is 11.6 Å². The summed E-state index contributed by atoms with van der Waals surface area (Å²) in [5.74, 6) is -0.145. The van der Waals surface area contributed by atoms with E-state index in [1.165, 1.54) is 0 Å². The molecule has 1 saturated carbocycles. The fourth-order valence-corrected chi connectivity index (χ4v) is 7.38. The van der Waals surface area contributed by atoms with Crippen molar-refractivity contribution in [3.8, 4) is 0 Å². The highest BCUT2D eigenvalue weighted by atomic mass is 32.2. The van der Waals surface area contributed by atoms with Crippen molar-refractivity contribution in [2.45, 2.75) is 99.6 Å². The average Bonchev–Trinajstić information content (AvgIpc) is 2.91. The smallest absolute Gasteiger partial charge is 0.246 e. The number of hydrogen-bond acceptors (Lipinski definition) is 6. The summed E-state index contributed by atoms with van der Waals surface area (Å²) in [6, 6.07) is 7.68. The standard InChI is InChI=1S/C28H44N4O5S/c1-2-3-19-32-25(33)24(22-27(35)13-8-5-9-14-27)30-26(34)28(32)15-20-31(21-16-28)18-10-17-29-38(36,37)23-11-6-4-7-12-23/h4,6-7,11-12,24,29,35H,2-3,5,8-10,13-22H2,1H3,(H,30,34)/t24-/m1/s1. The van der Waals surface area contributed by atoms with Gasteiger partial charge in [-0.2, -0.15) is 0 Å². The molecule has 0 aromatic heterocycles. The second-order valence-corrected chi connectivity index (χ2v) is 13.1. The molecule has 1 aliphatic carbocycles. The zero-order valence-electron chi connectivity index (χ0n) is 22.7. The highest BCUT2D eigenvalue weighted by Gasteiger charge is 2.54. The molecule has 0 radical (unpaired) electrons. The molecule has 3 N–H and O–H groups in total. The summed E-state index contributed by atoms with van der Waals surface area (Å²) in [6.45, 7) is 5.03. The van der Waals surface area contributed by atoms with Crippen molar-refractivity contribution >= 4 is 21.8 Å². The molecule has 2 heterocycles. The fourth-order valence-electron chi connectivity index (χ4n) is 6.28. The maximum atomic E-state index is 13.7. The number of piperidine rings is 1. The number of sulfonamides is 1. The summed E-state index contributed by atoms with van der Waals surface area (Å²) < 4.78 is 27.5. The lowest BCUT2D eigenvalue weighted by atomic mass is 9.77. The van der Waals surface area contributed by atoms with Gasteiger partial charge in [0.05, 0.1) is 10.5 Å². The second kappa shape index (κ2) is 12.4. The summed E-state index contributed by atoms with van der Waals surface area (Å²) in [5, 5.41) is 14.1. The summed E-state index contributed by atoms with van der Waals surface area (Å²) in [5.41, 5.74) is -1.72. The van der Waals surface area contributed by atoms with Crippen LogP contribution in [0.2, 0.25) is 0 Å². The number of carbonyl (C=O) groups excluding carboxylic acids is 2. The lowest BCUT2D eigenvalue weighted by Gasteiger charge is -2.52. The third kappa shape index (κ3) is 6.58. The molecular formula is C28H44N4O5S. The lowest BCUT2D eigenvalue weighted by molar-refractivity contribution is -0.163. The van der Waals surface area contributed by atoms with Gasteiger partial charge in [-0.3, -0.25) is 9.59 Å². The van der Waals surface area contributed by atoms with Gasteiger partial charge in [-0.25, -0.2) is 13.1 Å². The molecule has 0 bridgehead atoms.